The highest BCUT2D eigenvalue weighted by atomic mass is 16.5. The third kappa shape index (κ3) is 3.57. The highest BCUT2D eigenvalue weighted by molar-refractivity contribution is 5.95. The second-order valence-electron chi connectivity index (χ2n) is 6.49. The predicted molar refractivity (Wildman–Crippen MR) is 94.3 cm³/mol. The zero-order chi connectivity index (χ0) is 18.0. The number of hydrogen-bond donors (Lipinski definition) is 1. The minimum absolute atomic E-state index is 0.0619. The van der Waals surface area contributed by atoms with Crippen molar-refractivity contribution in [3.63, 3.8) is 0 Å². The summed E-state index contributed by atoms with van der Waals surface area (Å²) in [6.45, 7) is 6.74. The SMILES string of the molecule is Cc1noc(C)c1C(C)C(=O)NCc1ccc(N2CCCC2=O)cc1. The molecule has 6 nitrogen and oxygen atoms in total. The minimum atomic E-state index is -0.312. The summed E-state index contributed by atoms with van der Waals surface area (Å²) >= 11 is 0. The van der Waals surface area contributed by atoms with E-state index in [-0.39, 0.29) is 17.7 Å². The van der Waals surface area contributed by atoms with Crippen LogP contribution in [0.3, 0.4) is 0 Å². The molecule has 0 aliphatic carbocycles. The van der Waals surface area contributed by atoms with Crippen LogP contribution in [0.1, 0.15) is 48.3 Å². The van der Waals surface area contributed by atoms with E-state index in [0.29, 0.717) is 18.7 Å². The molecule has 0 saturated carbocycles. The van der Waals surface area contributed by atoms with Crippen LogP contribution in [0.5, 0.6) is 0 Å². The molecule has 3 rings (SSSR count). The van der Waals surface area contributed by atoms with Crippen molar-refractivity contribution in [3.05, 3.63) is 46.8 Å². The largest absolute Gasteiger partial charge is 0.361 e. The number of carbonyl (C=O) groups is 2. The van der Waals surface area contributed by atoms with Crippen LogP contribution in [-0.2, 0) is 16.1 Å². The first-order chi connectivity index (χ1) is 12.0. The second-order valence-corrected chi connectivity index (χ2v) is 6.49. The summed E-state index contributed by atoms with van der Waals surface area (Å²) in [5.74, 6) is 0.482. The van der Waals surface area contributed by atoms with Crippen molar-refractivity contribution in [1.29, 1.82) is 0 Å². The van der Waals surface area contributed by atoms with E-state index in [1.54, 1.807) is 0 Å². The number of amides is 2. The summed E-state index contributed by atoms with van der Waals surface area (Å²) in [6.07, 6.45) is 1.54. The molecular formula is C19H23N3O3. The van der Waals surface area contributed by atoms with Crippen LogP contribution in [0.2, 0.25) is 0 Å². The Hall–Kier alpha value is -2.63. The zero-order valence-corrected chi connectivity index (χ0v) is 14.8. The standard InChI is InChI=1S/C19H23N3O3/c1-12(18-13(2)21-25-14(18)3)19(24)20-11-15-6-8-16(9-7-15)22-10-4-5-17(22)23/h6-9,12H,4-5,10-11H2,1-3H3,(H,20,24). The van der Waals surface area contributed by atoms with E-state index in [9.17, 15) is 9.59 Å². The molecule has 25 heavy (non-hydrogen) atoms. The van der Waals surface area contributed by atoms with Gasteiger partial charge in [0.1, 0.15) is 5.76 Å². The van der Waals surface area contributed by atoms with Crippen molar-refractivity contribution in [3.8, 4) is 0 Å². The monoisotopic (exact) mass is 341 g/mol. The van der Waals surface area contributed by atoms with Gasteiger partial charge in [0.15, 0.2) is 0 Å². The molecule has 1 fully saturated rings. The number of anilines is 1. The lowest BCUT2D eigenvalue weighted by molar-refractivity contribution is -0.122. The summed E-state index contributed by atoms with van der Waals surface area (Å²) < 4.78 is 5.14. The van der Waals surface area contributed by atoms with E-state index in [4.69, 9.17) is 4.52 Å². The van der Waals surface area contributed by atoms with Gasteiger partial charge in [-0.3, -0.25) is 9.59 Å². The Morgan fingerprint density at radius 3 is 2.60 bits per heavy atom. The van der Waals surface area contributed by atoms with Gasteiger partial charge in [-0.15, -0.1) is 0 Å². The van der Waals surface area contributed by atoms with E-state index in [1.165, 1.54) is 0 Å². The summed E-state index contributed by atoms with van der Waals surface area (Å²) in [4.78, 5) is 26.0. The van der Waals surface area contributed by atoms with Crippen molar-refractivity contribution < 1.29 is 14.1 Å². The molecule has 0 radical (unpaired) electrons. The lowest BCUT2D eigenvalue weighted by Crippen LogP contribution is -2.28. The first-order valence-electron chi connectivity index (χ1n) is 8.57. The Labute approximate surface area is 147 Å². The Morgan fingerprint density at radius 2 is 2.04 bits per heavy atom. The number of aromatic nitrogens is 1. The maximum atomic E-state index is 12.4. The molecule has 2 aromatic rings. The summed E-state index contributed by atoms with van der Waals surface area (Å²) in [5.41, 5.74) is 3.51. The van der Waals surface area contributed by atoms with Crippen LogP contribution in [-0.4, -0.2) is 23.5 Å². The molecule has 132 valence electrons. The molecule has 1 aliphatic rings. The number of nitrogens with zero attached hydrogens (tertiary/aromatic N) is 2. The van der Waals surface area contributed by atoms with Crippen molar-refractivity contribution in [1.82, 2.24) is 10.5 Å². The van der Waals surface area contributed by atoms with Gasteiger partial charge in [-0.25, -0.2) is 0 Å². The summed E-state index contributed by atoms with van der Waals surface area (Å²) in [6, 6.07) is 7.76. The maximum absolute atomic E-state index is 12.4. The fourth-order valence-corrected chi connectivity index (χ4v) is 3.30. The lowest BCUT2D eigenvalue weighted by atomic mass is 9.98. The van der Waals surface area contributed by atoms with Crippen molar-refractivity contribution in [2.75, 3.05) is 11.4 Å². The maximum Gasteiger partial charge on any atom is 0.227 e. The molecule has 1 N–H and O–H groups in total. The molecule has 1 aromatic heterocycles. The van der Waals surface area contributed by atoms with Crippen molar-refractivity contribution >= 4 is 17.5 Å². The minimum Gasteiger partial charge on any atom is -0.361 e. The fourth-order valence-electron chi connectivity index (χ4n) is 3.30. The quantitative estimate of drug-likeness (QED) is 0.907. The number of benzene rings is 1. The Bertz CT molecular complexity index is 760. The van der Waals surface area contributed by atoms with Crippen LogP contribution >= 0.6 is 0 Å². The summed E-state index contributed by atoms with van der Waals surface area (Å²) in [5, 5.41) is 6.85. The van der Waals surface area contributed by atoms with E-state index in [1.807, 2.05) is 49.9 Å². The van der Waals surface area contributed by atoms with Crippen molar-refractivity contribution in [2.45, 2.75) is 46.1 Å². The average molecular weight is 341 g/mol. The van der Waals surface area contributed by atoms with Gasteiger partial charge in [0, 0.05) is 30.8 Å². The van der Waals surface area contributed by atoms with Gasteiger partial charge < -0.3 is 14.7 Å². The van der Waals surface area contributed by atoms with Gasteiger partial charge in [0.25, 0.3) is 0 Å². The van der Waals surface area contributed by atoms with Gasteiger partial charge in [0.2, 0.25) is 11.8 Å². The number of hydrogen-bond acceptors (Lipinski definition) is 4. The predicted octanol–water partition coefficient (Wildman–Crippen LogP) is 2.84. The number of nitrogens with one attached hydrogen (secondary N) is 1. The molecule has 0 bridgehead atoms. The molecule has 6 heteroatoms. The average Bonchev–Trinajstić information content (AvgIpc) is 3.18. The topological polar surface area (TPSA) is 75.4 Å². The van der Waals surface area contributed by atoms with Crippen LogP contribution < -0.4 is 10.2 Å². The Balaban J connectivity index is 1.60. The van der Waals surface area contributed by atoms with Gasteiger partial charge in [-0.1, -0.05) is 17.3 Å². The molecule has 1 atom stereocenters. The first kappa shape index (κ1) is 17.2. The highest BCUT2D eigenvalue weighted by Crippen LogP contribution is 2.24. The Kier molecular flexibility index (Phi) is 4.88. The van der Waals surface area contributed by atoms with Gasteiger partial charge >= 0.3 is 0 Å². The number of rotatable bonds is 5. The van der Waals surface area contributed by atoms with Gasteiger partial charge in [-0.2, -0.15) is 0 Å². The van der Waals surface area contributed by atoms with Crippen LogP contribution in [0.15, 0.2) is 28.8 Å². The van der Waals surface area contributed by atoms with Crippen molar-refractivity contribution in [2.24, 2.45) is 0 Å². The lowest BCUT2D eigenvalue weighted by Gasteiger charge is -2.16. The highest BCUT2D eigenvalue weighted by Gasteiger charge is 2.23. The smallest absolute Gasteiger partial charge is 0.227 e. The Morgan fingerprint density at radius 1 is 1.32 bits per heavy atom. The number of carbonyl (C=O) groups excluding carboxylic acids is 2. The first-order valence-corrected chi connectivity index (χ1v) is 8.57. The molecule has 1 aromatic carbocycles. The van der Waals surface area contributed by atoms with Gasteiger partial charge in [0.05, 0.1) is 11.6 Å². The molecule has 2 amide bonds. The molecular weight excluding hydrogens is 318 g/mol. The summed E-state index contributed by atoms with van der Waals surface area (Å²) in [7, 11) is 0. The zero-order valence-electron chi connectivity index (χ0n) is 14.8. The fraction of sp³-hybridized carbons (Fsp3) is 0.421. The third-order valence-electron chi connectivity index (χ3n) is 4.70. The van der Waals surface area contributed by atoms with Gasteiger partial charge in [-0.05, 0) is 44.9 Å². The van der Waals surface area contributed by atoms with E-state index in [0.717, 1.165) is 35.5 Å². The normalized spacial score (nSPS) is 15.5. The van der Waals surface area contributed by atoms with E-state index >= 15 is 0 Å². The van der Waals surface area contributed by atoms with E-state index < -0.39 is 0 Å². The number of aryl methyl sites for hydroxylation is 2. The third-order valence-corrected chi connectivity index (χ3v) is 4.70. The molecule has 0 spiro atoms. The van der Waals surface area contributed by atoms with E-state index in [2.05, 4.69) is 10.5 Å². The van der Waals surface area contributed by atoms with Crippen LogP contribution in [0.4, 0.5) is 5.69 Å². The molecule has 1 unspecified atom stereocenters. The van der Waals surface area contributed by atoms with Crippen LogP contribution in [0.25, 0.3) is 0 Å². The second kappa shape index (κ2) is 7.09. The molecule has 2 heterocycles. The van der Waals surface area contributed by atoms with Crippen LogP contribution in [0, 0.1) is 13.8 Å². The molecule has 1 saturated heterocycles. The molecule has 1 aliphatic heterocycles.